The Balaban J connectivity index is 0.00000225. The van der Waals surface area contributed by atoms with E-state index in [2.05, 4.69) is 41.8 Å². The number of ether oxygens (including phenoxy) is 1. The van der Waals surface area contributed by atoms with Crippen molar-refractivity contribution in [2.75, 3.05) is 37.8 Å². The zero-order valence-corrected chi connectivity index (χ0v) is 16.5. The summed E-state index contributed by atoms with van der Waals surface area (Å²) in [5.74, 6) is 2.34. The van der Waals surface area contributed by atoms with Crippen molar-refractivity contribution in [3.05, 3.63) is 35.4 Å². The highest BCUT2D eigenvalue weighted by molar-refractivity contribution is 7.99. The Kier molecular flexibility index (Phi) is 8.07. The van der Waals surface area contributed by atoms with Crippen LogP contribution in [0.3, 0.4) is 0 Å². The Morgan fingerprint density at radius 3 is 2.80 bits per heavy atom. The number of carbonyl (C=O) groups is 1. The SMILES string of the molecule is Cc1ccccc1C1(CNC(=O)CC2CSCCN2)CCOCC1.Cl. The minimum Gasteiger partial charge on any atom is -0.381 e. The van der Waals surface area contributed by atoms with Crippen molar-refractivity contribution >= 4 is 30.1 Å². The summed E-state index contributed by atoms with van der Waals surface area (Å²) in [4.78, 5) is 12.4. The van der Waals surface area contributed by atoms with E-state index in [1.165, 1.54) is 11.1 Å². The van der Waals surface area contributed by atoms with Crippen LogP contribution in [0.1, 0.15) is 30.4 Å². The van der Waals surface area contributed by atoms with E-state index in [1.54, 1.807) is 0 Å². The summed E-state index contributed by atoms with van der Waals surface area (Å²) in [6.45, 7) is 5.42. The number of hydrogen-bond acceptors (Lipinski definition) is 4. The average Bonchev–Trinajstić information content (AvgIpc) is 2.62. The first kappa shape index (κ1) is 20.6. The number of thioether (sulfide) groups is 1. The summed E-state index contributed by atoms with van der Waals surface area (Å²) in [6, 6.07) is 8.87. The van der Waals surface area contributed by atoms with E-state index in [1.807, 2.05) is 11.8 Å². The summed E-state index contributed by atoms with van der Waals surface area (Å²) in [5, 5.41) is 6.66. The fraction of sp³-hybridized carbons (Fsp3) is 0.632. The molecule has 6 heteroatoms. The van der Waals surface area contributed by atoms with E-state index in [0.717, 1.165) is 44.1 Å². The smallest absolute Gasteiger partial charge is 0.221 e. The van der Waals surface area contributed by atoms with Crippen molar-refractivity contribution in [2.24, 2.45) is 0 Å². The predicted octanol–water partition coefficient (Wildman–Crippen LogP) is 2.68. The largest absolute Gasteiger partial charge is 0.381 e. The van der Waals surface area contributed by atoms with E-state index < -0.39 is 0 Å². The molecule has 2 saturated heterocycles. The van der Waals surface area contributed by atoms with Gasteiger partial charge in [0.15, 0.2) is 0 Å². The summed E-state index contributed by atoms with van der Waals surface area (Å²) in [7, 11) is 0. The number of nitrogens with one attached hydrogen (secondary N) is 2. The molecule has 1 amide bonds. The van der Waals surface area contributed by atoms with Crippen molar-refractivity contribution in [2.45, 2.75) is 37.6 Å². The van der Waals surface area contributed by atoms with Crippen LogP contribution in [0.5, 0.6) is 0 Å². The van der Waals surface area contributed by atoms with Gasteiger partial charge >= 0.3 is 0 Å². The molecule has 3 rings (SSSR count). The van der Waals surface area contributed by atoms with Gasteiger partial charge in [0.2, 0.25) is 5.91 Å². The zero-order valence-electron chi connectivity index (χ0n) is 14.9. The monoisotopic (exact) mass is 384 g/mol. The maximum absolute atomic E-state index is 12.4. The molecule has 0 spiro atoms. The first-order chi connectivity index (χ1) is 11.7. The molecule has 2 aliphatic rings. The minimum absolute atomic E-state index is 0. The summed E-state index contributed by atoms with van der Waals surface area (Å²) < 4.78 is 5.59. The van der Waals surface area contributed by atoms with Crippen LogP contribution in [-0.2, 0) is 14.9 Å². The molecule has 1 unspecified atom stereocenters. The van der Waals surface area contributed by atoms with Crippen LogP contribution in [0.25, 0.3) is 0 Å². The molecule has 1 atom stereocenters. The van der Waals surface area contributed by atoms with Gasteiger partial charge in [-0.2, -0.15) is 11.8 Å². The highest BCUT2D eigenvalue weighted by Gasteiger charge is 2.36. The van der Waals surface area contributed by atoms with Crippen LogP contribution in [-0.4, -0.2) is 49.8 Å². The fourth-order valence-corrected chi connectivity index (χ4v) is 4.74. The minimum atomic E-state index is 0. The van der Waals surface area contributed by atoms with Gasteiger partial charge in [0.25, 0.3) is 0 Å². The lowest BCUT2D eigenvalue weighted by Gasteiger charge is -2.39. The van der Waals surface area contributed by atoms with Crippen LogP contribution >= 0.6 is 24.2 Å². The molecule has 0 aliphatic carbocycles. The molecule has 2 N–H and O–H groups in total. The molecule has 25 heavy (non-hydrogen) atoms. The Bertz CT molecular complexity index is 558. The summed E-state index contributed by atoms with van der Waals surface area (Å²) in [5.41, 5.74) is 2.67. The quantitative estimate of drug-likeness (QED) is 0.819. The molecule has 2 aliphatic heterocycles. The molecule has 0 radical (unpaired) electrons. The van der Waals surface area contributed by atoms with Gasteiger partial charge in [0.1, 0.15) is 0 Å². The van der Waals surface area contributed by atoms with Crippen LogP contribution in [0.15, 0.2) is 24.3 Å². The van der Waals surface area contributed by atoms with E-state index >= 15 is 0 Å². The second kappa shape index (κ2) is 9.81. The molecule has 2 fully saturated rings. The first-order valence-electron chi connectivity index (χ1n) is 8.91. The van der Waals surface area contributed by atoms with Crippen molar-refractivity contribution in [3.63, 3.8) is 0 Å². The molecule has 0 saturated carbocycles. The molecule has 2 heterocycles. The summed E-state index contributed by atoms with van der Waals surface area (Å²) in [6.07, 6.45) is 2.51. The number of amides is 1. The Morgan fingerprint density at radius 2 is 2.12 bits per heavy atom. The van der Waals surface area contributed by atoms with E-state index in [-0.39, 0.29) is 23.7 Å². The second-order valence-electron chi connectivity index (χ2n) is 6.91. The van der Waals surface area contributed by atoms with Gasteiger partial charge in [0.05, 0.1) is 0 Å². The van der Waals surface area contributed by atoms with Crippen LogP contribution in [0.4, 0.5) is 0 Å². The van der Waals surface area contributed by atoms with Gasteiger partial charge in [-0.15, -0.1) is 12.4 Å². The number of halogens is 1. The third-order valence-electron chi connectivity index (χ3n) is 5.22. The van der Waals surface area contributed by atoms with Gasteiger partial charge < -0.3 is 15.4 Å². The lowest BCUT2D eigenvalue weighted by atomic mass is 9.72. The lowest BCUT2D eigenvalue weighted by molar-refractivity contribution is -0.122. The van der Waals surface area contributed by atoms with Crippen LogP contribution in [0.2, 0.25) is 0 Å². The van der Waals surface area contributed by atoms with Crippen LogP contribution < -0.4 is 10.6 Å². The molecule has 1 aromatic carbocycles. The normalized spacial score (nSPS) is 22.7. The molecule has 1 aromatic rings. The van der Waals surface area contributed by atoms with Gasteiger partial charge in [-0.05, 0) is 30.9 Å². The van der Waals surface area contributed by atoms with Crippen molar-refractivity contribution in [1.82, 2.24) is 10.6 Å². The number of rotatable bonds is 5. The Hall–Kier alpha value is -0.750. The average molecular weight is 385 g/mol. The standard InChI is InChI=1S/C19H28N2O2S.ClH/c1-15-4-2-3-5-17(15)19(6-9-23-10-7-19)14-21-18(22)12-16-13-24-11-8-20-16;/h2-5,16,20H,6-14H2,1H3,(H,21,22);1H. The fourth-order valence-electron chi connectivity index (χ4n) is 3.79. The number of carbonyl (C=O) groups excluding carboxylic acids is 1. The van der Waals surface area contributed by atoms with Crippen molar-refractivity contribution in [3.8, 4) is 0 Å². The third-order valence-corrected chi connectivity index (χ3v) is 6.35. The van der Waals surface area contributed by atoms with E-state index in [0.29, 0.717) is 19.0 Å². The molecule has 4 nitrogen and oxygen atoms in total. The van der Waals surface area contributed by atoms with E-state index in [9.17, 15) is 4.79 Å². The summed E-state index contributed by atoms with van der Waals surface area (Å²) >= 11 is 1.93. The highest BCUT2D eigenvalue weighted by Crippen LogP contribution is 2.36. The first-order valence-corrected chi connectivity index (χ1v) is 10.1. The topological polar surface area (TPSA) is 50.4 Å². The Morgan fingerprint density at radius 1 is 1.36 bits per heavy atom. The van der Waals surface area contributed by atoms with Crippen LogP contribution in [0, 0.1) is 6.92 Å². The number of aryl methyl sites for hydroxylation is 1. The molecule has 140 valence electrons. The third kappa shape index (κ3) is 5.36. The van der Waals surface area contributed by atoms with Gasteiger partial charge in [-0.1, -0.05) is 24.3 Å². The van der Waals surface area contributed by atoms with Gasteiger partial charge in [0, 0.05) is 55.7 Å². The number of hydrogen-bond donors (Lipinski definition) is 2. The van der Waals surface area contributed by atoms with Gasteiger partial charge in [-0.25, -0.2) is 0 Å². The van der Waals surface area contributed by atoms with Crippen molar-refractivity contribution < 1.29 is 9.53 Å². The van der Waals surface area contributed by atoms with Crippen molar-refractivity contribution in [1.29, 1.82) is 0 Å². The highest BCUT2D eigenvalue weighted by atomic mass is 35.5. The predicted molar refractivity (Wildman–Crippen MR) is 107 cm³/mol. The molecular weight excluding hydrogens is 356 g/mol. The van der Waals surface area contributed by atoms with E-state index in [4.69, 9.17) is 4.74 Å². The Labute approximate surface area is 161 Å². The zero-order chi connectivity index (χ0) is 16.8. The number of benzene rings is 1. The van der Waals surface area contributed by atoms with Gasteiger partial charge in [-0.3, -0.25) is 4.79 Å². The molecule has 0 aromatic heterocycles. The maximum atomic E-state index is 12.4. The maximum Gasteiger partial charge on any atom is 0.221 e. The molecule has 0 bridgehead atoms. The second-order valence-corrected chi connectivity index (χ2v) is 8.06. The lowest BCUT2D eigenvalue weighted by Crippen LogP contribution is -2.47. The molecular formula is C19H29ClN2O2S.